The lowest BCUT2D eigenvalue weighted by Gasteiger charge is -2.27. The fourth-order valence-electron chi connectivity index (χ4n) is 3.48. The number of H-pyrrole nitrogens is 1. The number of hydrogen-bond donors (Lipinski definition) is 3. The Morgan fingerprint density at radius 3 is 2.88 bits per heavy atom. The molecule has 0 unspecified atom stereocenters. The van der Waals surface area contributed by atoms with Crippen molar-refractivity contribution in [3.05, 3.63) is 36.1 Å². The third-order valence-corrected chi connectivity index (χ3v) is 5.64. The molecule has 0 spiro atoms. The molecule has 0 atom stereocenters. The van der Waals surface area contributed by atoms with Crippen molar-refractivity contribution in [3.63, 3.8) is 0 Å². The van der Waals surface area contributed by atoms with Gasteiger partial charge in [0.2, 0.25) is 5.91 Å². The van der Waals surface area contributed by atoms with Crippen LogP contribution >= 0.6 is 11.3 Å². The molecule has 4 rings (SSSR count). The SMILES string of the molecule is O=C(Nc1ccnc2[nH]ccc12)C1CCC(CNc2nccs2)CC1. The average molecular weight is 355 g/mol. The fraction of sp³-hybridized carbons (Fsp3) is 0.389. The topological polar surface area (TPSA) is 82.7 Å². The Bertz CT molecular complexity index is 836. The Kier molecular flexibility index (Phi) is 4.65. The monoisotopic (exact) mass is 355 g/mol. The van der Waals surface area contributed by atoms with Gasteiger partial charge in [0.25, 0.3) is 0 Å². The highest BCUT2D eigenvalue weighted by Crippen LogP contribution is 2.31. The van der Waals surface area contributed by atoms with Crippen molar-refractivity contribution >= 4 is 39.1 Å². The van der Waals surface area contributed by atoms with Crippen molar-refractivity contribution in [2.24, 2.45) is 11.8 Å². The summed E-state index contributed by atoms with van der Waals surface area (Å²) in [6.45, 7) is 0.941. The van der Waals surface area contributed by atoms with Crippen LogP contribution in [0.1, 0.15) is 25.7 Å². The predicted molar refractivity (Wildman–Crippen MR) is 101 cm³/mol. The molecule has 3 aromatic rings. The van der Waals surface area contributed by atoms with Gasteiger partial charge < -0.3 is 15.6 Å². The summed E-state index contributed by atoms with van der Waals surface area (Å²) in [5, 5.41) is 10.4. The number of rotatable bonds is 5. The molecule has 130 valence electrons. The Hall–Kier alpha value is -2.41. The lowest BCUT2D eigenvalue weighted by atomic mass is 9.81. The maximum Gasteiger partial charge on any atom is 0.227 e. The number of carbonyl (C=O) groups is 1. The van der Waals surface area contributed by atoms with Crippen molar-refractivity contribution in [2.75, 3.05) is 17.2 Å². The predicted octanol–water partition coefficient (Wildman–Crippen LogP) is 3.88. The molecule has 6 nitrogen and oxygen atoms in total. The quantitative estimate of drug-likeness (QED) is 0.649. The largest absolute Gasteiger partial charge is 0.361 e. The van der Waals surface area contributed by atoms with E-state index < -0.39 is 0 Å². The molecule has 1 saturated carbocycles. The van der Waals surface area contributed by atoms with Crippen LogP contribution in [0.4, 0.5) is 10.8 Å². The number of nitrogens with zero attached hydrogens (tertiary/aromatic N) is 2. The zero-order chi connectivity index (χ0) is 17.1. The van der Waals surface area contributed by atoms with E-state index in [-0.39, 0.29) is 11.8 Å². The molecule has 0 aliphatic heterocycles. The average Bonchev–Trinajstić information content (AvgIpc) is 3.32. The van der Waals surface area contributed by atoms with Gasteiger partial charge in [0, 0.05) is 41.8 Å². The molecule has 1 aliphatic carbocycles. The second-order valence-corrected chi connectivity index (χ2v) is 7.42. The van der Waals surface area contributed by atoms with Crippen LogP contribution in [-0.2, 0) is 4.79 Å². The van der Waals surface area contributed by atoms with Gasteiger partial charge in [0.15, 0.2) is 5.13 Å². The molecule has 0 aromatic carbocycles. The first-order chi connectivity index (χ1) is 12.3. The smallest absolute Gasteiger partial charge is 0.227 e. The van der Waals surface area contributed by atoms with Crippen molar-refractivity contribution in [1.82, 2.24) is 15.0 Å². The summed E-state index contributed by atoms with van der Waals surface area (Å²) < 4.78 is 0. The van der Waals surface area contributed by atoms with Crippen LogP contribution in [0.5, 0.6) is 0 Å². The van der Waals surface area contributed by atoms with E-state index >= 15 is 0 Å². The molecular formula is C18H21N5OS. The molecule has 3 N–H and O–H groups in total. The summed E-state index contributed by atoms with van der Waals surface area (Å²) in [6.07, 6.45) is 9.41. The van der Waals surface area contributed by atoms with Gasteiger partial charge in [-0.1, -0.05) is 0 Å². The van der Waals surface area contributed by atoms with Gasteiger partial charge >= 0.3 is 0 Å². The van der Waals surface area contributed by atoms with Crippen LogP contribution in [0, 0.1) is 11.8 Å². The number of carbonyl (C=O) groups excluding carboxylic acids is 1. The van der Waals surface area contributed by atoms with Crippen molar-refractivity contribution in [2.45, 2.75) is 25.7 Å². The summed E-state index contributed by atoms with van der Waals surface area (Å²) in [5.74, 6) is 0.837. The Balaban J connectivity index is 1.30. The number of anilines is 2. The van der Waals surface area contributed by atoms with Gasteiger partial charge in [0.1, 0.15) is 5.65 Å². The number of hydrogen-bond acceptors (Lipinski definition) is 5. The minimum Gasteiger partial charge on any atom is -0.361 e. The van der Waals surface area contributed by atoms with Crippen LogP contribution in [0.2, 0.25) is 0 Å². The van der Waals surface area contributed by atoms with Crippen molar-refractivity contribution in [1.29, 1.82) is 0 Å². The third kappa shape index (κ3) is 3.66. The van der Waals surface area contributed by atoms with E-state index in [2.05, 4.69) is 25.6 Å². The number of thiazole rings is 1. The lowest BCUT2D eigenvalue weighted by Crippen LogP contribution is -2.29. The zero-order valence-corrected chi connectivity index (χ0v) is 14.7. The van der Waals surface area contributed by atoms with Gasteiger partial charge in [-0.2, -0.15) is 0 Å². The number of amides is 1. The van der Waals surface area contributed by atoms with Gasteiger partial charge in [-0.3, -0.25) is 4.79 Å². The first-order valence-electron chi connectivity index (χ1n) is 8.66. The number of aromatic amines is 1. The number of fused-ring (bicyclic) bond motifs is 1. The minimum absolute atomic E-state index is 0.0956. The highest BCUT2D eigenvalue weighted by Gasteiger charge is 2.26. The van der Waals surface area contributed by atoms with Gasteiger partial charge in [-0.25, -0.2) is 9.97 Å². The minimum atomic E-state index is 0.0956. The molecule has 25 heavy (non-hydrogen) atoms. The molecule has 0 bridgehead atoms. The fourth-order valence-corrected chi connectivity index (χ4v) is 4.01. The van der Waals surface area contributed by atoms with E-state index in [0.29, 0.717) is 5.92 Å². The van der Waals surface area contributed by atoms with Crippen LogP contribution < -0.4 is 10.6 Å². The normalized spacial score (nSPS) is 20.5. The zero-order valence-electron chi connectivity index (χ0n) is 13.9. The molecule has 0 saturated heterocycles. The van der Waals surface area contributed by atoms with E-state index in [0.717, 1.165) is 54.1 Å². The van der Waals surface area contributed by atoms with Gasteiger partial charge in [-0.05, 0) is 43.7 Å². The summed E-state index contributed by atoms with van der Waals surface area (Å²) >= 11 is 1.63. The molecular weight excluding hydrogens is 334 g/mol. The molecule has 1 fully saturated rings. The highest BCUT2D eigenvalue weighted by molar-refractivity contribution is 7.13. The van der Waals surface area contributed by atoms with E-state index in [4.69, 9.17) is 0 Å². The molecule has 0 radical (unpaired) electrons. The summed E-state index contributed by atoms with van der Waals surface area (Å²) in [7, 11) is 0. The summed E-state index contributed by atoms with van der Waals surface area (Å²) in [4.78, 5) is 24.2. The summed E-state index contributed by atoms with van der Waals surface area (Å²) in [5.41, 5.74) is 1.64. The Morgan fingerprint density at radius 2 is 2.08 bits per heavy atom. The molecule has 3 aromatic heterocycles. The van der Waals surface area contributed by atoms with E-state index in [1.54, 1.807) is 17.5 Å². The molecule has 1 aliphatic rings. The highest BCUT2D eigenvalue weighted by atomic mass is 32.1. The van der Waals surface area contributed by atoms with E-state index in [9.17, 15) is 4.79 Å². The summed E-state index contributed by atoms with van der Waals surface area (Å²) in [6, 6.07) is 3.80. The lowest BCUT2D eigenvalue weighted by molar-refractivity contribution is -0.121. The van der Waals surface area contributed by atoms with Crippen LogP contribution in [0.3, 0.4) is 0 Å². The molecule has 3 heterocycles. The maximum atomic E-state index is 12.6. The second-order valence-electron chi connectivity index (χ2n) is 6.52. The maximum absolute atomic E-state index is 12.6. The Labute approximate surface area is 150 Å². The van der Waals surface area contributed by atoms with Gasteiger partial charge in [0.05, 0.1) is 5.69 Å². The Morgan fingerprint density at radius 1 is 1.20 bits per heavy atom. The van der Waals surface area contributed by atoms with Crippen LogP contribution in [0.25, 0.3) is 11.0 Å². The van der Waals surface area contributed by atoms with Gasteiger partial charge in [-0.15, -0.1) is 11.3 Å². The first-order valence-corrected chi connectivity index (χ1v) is 9.54. The van der Waals surface area contributed by atoms with E-state index in [1.807, 2.05) is 29.9 Å². The van der Waals surface area contributed by atoms with Crippen LogP contribution in [-0.4, -0.2) is 27.4 Å². The van der Waals surface area contributed by atoms with Crippen molar-refractivity contribution in [3.8, 4) is 0 Å². The number of pyridine rings is 1. The second kappa shape index (κ2) is 7.23. The van der Waals surface area contributed by atoms with E-state index in [1.165, 1.54) is 0 Å². The van der Waals surface area contributed by atoms with Crippen LogP contribution in [0.15, 0.2) is 36.1 Å². The standard InChI is InChI=1S/C18H21N5OS/c24-17(23-15-6-8-20-16-14(15)5-7-19-16)13-3-1-12(2-4-13)11-22-18-21-9-10-25-18/h5-10,12-13H,1-4,11H2,(H,21,22)(H2,19,20,23,24). The third-order valence-electron chi connectivity index (χ3n) is 4.91. The number of aromatic nitrogens is 3. The first kappa shape index (κ1) is 16.1. The molecule has 1 amide bonds. The molecule has 7 heteroatoms. The number of nitrogens with one attached hydrogen (secondary N) is 3. The van der Waals surface area contributed by atoms with Crippen molar-refractivity contribution < 1.29 is 4.79 Å².